The minimum atomic E-state index is -4.47. The van der Waals surface area contributed by atoms with Crippen LogP contribution in [-0.2, 0) is 11.0 Å². The molecule has 0 aliphatic carbocycles. The molecule has 1 amide bonds. The maximum absolute atomic E-state index is 13.3. The molecule has 1 aliphatic heterocycles. The molecule has 1 aromatic heterocycles. The van der Waals surface area contributed by atoms with Crippen LogP contribution in [0, 0.1) is 5.41 Å². The Morgan fingerprint density at radius 1 is 1.17 bits per heavy atom. The summed E-state index contributed by atoms with van der Waals surface area (Å²) in [6.07, 6.45) is -2.50. The summed E-state index contributed by atoms with van der Waals surface area (Å²) in [5, 5.41) is 0. The van der Waals surface area contributed by atoms with Crippen molar-refractivity contribution >= 4 is 27.7 Å². The van der Waals surface area contributed by atoms with Crippen LogP contribution < -0.4 is 4.90 Å². The molecule has 0 atom stereocenters. The van der Waals surface area contributed by atoms with Crippen LogP contribution in [0.25, 0.3) is 0 Å². The number of aromatic nitrogens is 1. The zero-order chi connectivity index (χ0) is 18.1. The molecule has 0 unspecified atom stereocenters. The van der Waals surface area contributed by atoms with E-state index >= 15 is 0 Å². The predicted molar refractivity (Wildman–Crippen MR) is 89.8 cm³/mol. The summed E-state index contributed by atoms with van der Waals surface area (Å²) in [6.45, 7) is 7.24. The van der Waals surface area contributed by atoms with Crippen LogP contribution in [0.4, 0.5) is 19.0 Å². The lowest BCUT2D eigenvalue weighted by Gasteiger charge is -2.29. The van der Waals surface area contributed by atoms with Crippen LogP contribution in [0.3, 0.4) is 0 Å². The lowest BCUT2D eigenvalue weighted by atomic mass is 9.94. The second-order valence-corrected chi connectivity index (χ2v) is 7.82. The molecule has 2 heterocycles. The fraction of sp³-hybridized carbons (Fsp3) is 0.625. The summed E-state index contributed by atoms with van der Waals surface area (Å²) in [4.78, 5) is 19.7. The van der Waals surface area contributed by atoms with Crippen molar-refractivity contribution in [2.24, 2.45) is 5.41 Å². The van der Waals surface area contributed by atoms with Gasteiger partial charge in [0, 0.05) is 42.3 Å². The highest BCUT2D eigenvalue weighted by Crippen LogP contribution is 2.37. The Morgan fingerprint density at radius 2 is 1.83 bits per heavy atom. The van der Waals surface area contributed by atoms with Gasteiger partial charge in [-0.1, -0.05) is 20.8 Å². The molecule has 24 heavy (non-hydrogen) atoms. The molecule has 1 saturated heterocycles. The number of halogens is 4. The summed E-state index contributed by atoms with van der Waals surface area (Å²) in [7, 11) is 0. The van der Waals surface area contributed by atoms with E-state index < -0.39 is 17.2 Å². The number of nitrogens with zero attached hydrogens (tertiary/aromatic N) is 3. The lowest BCUT2D eigenvalue weighted by Crippen LogP contribution is -2.41. The minimum absolute atomic E-state index is 0.0177. The van der Waals surface area contributed by atoms with E-state index in [4.69, 9.17) is 0 Å². The first kappa shape index (κ1) is 19.0. The number of anilines is 1. The molecule has 0 radical (unpaired) electrons. The molecular weight excluding hydrogens is 387 g/mol. The second kappa shape index (κ2) is 6.90. The van der Waals surface area contributed by atoms with E-state index in [-0.39, 0.29) is 16.2 Å². The molecule has 8 heteroatoms. The largest absolute Gasteiger partial charge is 0.419 e. The van der Waals surface area contributed by atoms with Crippen LogP contribution >= 0.6 is 15.9 Å². The summed E-state index contributed by atoms with van der Waals surface area (Å²) in [5.74, 6) is -0.0556. The maximum atomic E-state index is 13.3. The number of alkyl halides is 3. The van der Waals surface area contributed by atoms with Gasteiger partial charge in [0.1, 0.15) is 5.82 Å². The fourth-order valence-corrected chi connectivity index (χ4v) is 3.03. The molecule has 0 aromatic carbocycles. The monoisotopic (exact) mass is 407 g/mol. The van der Waals surface area contributed by atoms with Crippen LogP contribution in [0.2, 0.25) is 0 Å². The van der Waals surface area contributed by atoms with Gasteiger partial charge in [-0.25, -0.2) is 4.98 Å². The fourth-order valence-electron chi connectivity index (χ4n) is 2.70. The average molecular weight is 408 g/mol. The number of carbonyl (C=O) groups is 1. The number of rotatable bonds is 1. The SMILES string of the molecule is CC(C)(C)C(=O)N1CCCN(c2ncc(Br)cc2C(F)(F)F)CC1. The topological polar surface area (TPSA) is 36.4 Å². The molecule has 1 fully saturated rings. The summed E-state index contributed by atoms with van der Waals surface area (Å²) >= 11 is 3.04. The normalized spacial score (nSPS) is 17.0. The Hall–Kier alpha value is -1.31. The van der Waals surface area contributed by atoms with Gasteiger partial charge < -0.3 is 9.80 Å². The number of hydrogen-bond donors (Lipinski definition) is 0. The van der Waals surface area contributed by atoms with E-state index in [1.807, 2.05) is 20.8 Å². The third-order valence-corrected chi connectivity index (χ3v) is 4.30. The van der Waals surface area contributed by atoms with E-state index in [2.05, 4.69) is 20.9 Å². The lowest BCUT2D eigenvalue weighted by molar-refractivity contribution is -0.139. The predicted octanol–water partition coefficient (Wildman–Crippen LogP) is 3.95. The molecule has 134 valence electrons. The molecule has 0 saturated carbocycles. The highest BCUT2D eigenvalue weighted by atomic mass is 79.9. The first-order chi connectivity index (χ1) is 11.0. The van der Waals surface area contributed by atoms with Gasteiger partial charge in [-0.05, 0) is 28.4 Å². The van der Waals surface area contributed by atoms with E-state index in [0.717, 1.165) is 6.07 Å². The van der Waals surface area contributed by atoms with Gasteiger partial charge in [-0.3, -0.25) is 4.79 Å². The first-order valence-corrected chi connectivity index (χ1v) is 8.56. The third-order valence-electron chi connectivity index (χ3n) is 3.86. The molecule has 1 aliphatic rings. The van der Waals surface area contributed by atoms with E-state index in [9.17, 15) is 18.0 Å². The Kier molecular flexibility index (Phi) is 5.47. The van der Waals surface area contributed by atoms with Gasteiger partial charge in [0.15, 0.2) is 0 Å². The molecule has 1 aromatic rings. The number of carbonyl (C=O) groups excluding carboxylic acids is 1. The van der Waals surface area contributed by atoms with Gasteiger partial charge in [0.25, 0.3) is 0 Å². The highest BCUT2D eigenvalue weighted by Gasteiger charge is 2.37. The Morgan fingerprint density at radius 3 is 2.42 bits per heavy atom. The van der Waals surface area contributed by atoms with Crippen molar-refractivity contribution in [3.8, 4) is 0 Å². The second-order valence-electron chi connectivity index (χ2n) is 6.91. The van der Waals surface area contributed by atoms with E-state index in [1.165, 1.54) is 6.20 Å². The molecule has 2 rings (SSSR count). The number of pyridine rings is 1. The number of amides is 1. The average Bonchev–Trinajstić information content (AvgIpc) is 2.70. The standard InChI is InChI=1S/C16H21BrF3N3O/c1-15(2,3)14(24)23-6-4-5-22(7-8-23)13-12(16(18,19)20)9-11(17)10-21-13/h9-10H,4-8H2,1-3H3. The van der Waals surface area contributed by atoms with Crippen molar-refractivity contribution < 1.29 is 18.0 Å². The van der Waals surface area contributed by atoms with Gasteiger partial charge >= 0.3 is 6.18 Å². The van der Waals surface area contributed by atoms with Crippen molar-refractivity contribution in [1.82, 2.24) is 9.88 Å². The van der Waals surface area contributed by atoms with Gasteiger partial charge in [0.05, 0.1) is 5.56 Å². The van der Waals surface area contributed by atoms with Crippen LogP contribution in [-0.4, -0.2) is 42.0 Å². The van der Waals surface area contributed by atoms with Gasteiger partial charge in [-0.15, -0.1) is 0 Å². The molecule has 0 spiro atoms. The van der Waals surface area contributed by atoms with Crippen molar-refractivity contribution in [2.45, 2.75) is 33.4 Å². The Balaban J connectivity index is 2.22. The van der Waals surface area contributed by atoms with Crippen molar-refractivity contribution in [2.75, 3.05) is 31.1 Å². The third kappa shape index (κ3) is 4.40. The van der Waals surface area contributed by atoms with E-state index in [0.29, 0.717) is 32.6 Å². The Labute approximate surface area is 148 Å². The summed E-state index contributed by atoms with van der Waals surface area (Å²) < 4.78 is 40.2. The number of hydrogen-bond acceptors (Lipinski definition) is 3. The summed E-state index contributed by atoms with van der Waals surface area (Å²) in [5.41, 5.74) is -1.25. The van der Waals surface area contributed by atoms with Crippen molar-refractivity contribution in [3.63, 3.8) is 0 Å². The summed E-state index contributed by atoms with van der Waals surface area (Å²) in [6, 6.07) is 1.05. The van der Waals surface area contributed by atoms with Gasteiger partial charge in [-0.2, -0.15) is 13.2 Å². The van der Waals surface area contributed by atoms with E-state index in [1.54, 1.807) is 9.80 Å². The zero-order valence-electron chi connectivity index (χ0n) is 14.0. The minimum Gasteiger partial charge on any atom is -0.354 e. The quantitative estimate of drug-likeness (QED) is 0.706. The molecule has 0 bridgehead atoms. The molecular formula is C16H21BrF3N3O. The molecule has 4 nitrogen and oxygen atoms in total. The maximum Gasteiger partial charge on any atom is 0.419 e. The van der Waals surface area contributed by atoms with Crippen LogP contribution in [0.15, 0.2) is 16.7 Å². The smallest absolute Gasteiger partial charge is 0.354 e. The van der Waals surface area contributed by atoms with Crippen LogP contribution in [0.1, 0.15) is 32.8 Å². The Bertz CT molecular complexity index is 614. The van der Waals surface area contributed by atoms with Gasteiger partial charge in [0.2, 0.25) is 5.91 Å². The first-order valence-electron chi connectivity index (χ1n) is 7.77. The zero-order valence-corrected chi connectivity index (χ0v) is 15.5. The van der Waals surface area contributed by atoms with Crippen LogP contribution in [0.5, 0.6) is 0 Å². The molecule has 0 N–H and O–H groups in total. The van der Waals surface area contributed by atoms with Crippen molar-refractivity contribution in [1.29, 1.82) is 0 Å². The highest BCUT2D eigenvalue weighted by molar-refractivity contribution is 9.10. The van der Waals surface area contributed by atoms with Crippen molar-refractivity contribution in [3.05, 3.63) is 22.3 Å².